The number of amides is 3. The summed E-state index contributed by atoms with van der Waals surface area (Å²) in [6, 6.07) is -1.16. The number of carbonyl (C=O) groups excluding carboxylic acids is 5. The van der Waals surface area contributed by atoms with Crippen LogP contribution in [0.25, 0.3) is 0 Å². The topological polar surface area (TPSA) is 120 Å². The van der Waals surface area contributed by atoms with E-state index in [0.29, 0.717) is 18.5 Å². The Kier molecular flexibility index (Phi) is 10.6. The first-order valence-electron chi connectivity index (χ1n) is 12.4. The van der Waals surface area contributed by atoms with Gasteiger partial charge in [-0.3, -0.25) is 19.3 Å². The number of rotatable bonds is 11. The lowest BCUT2D eigenvalue weighted by molar-refractivity contribution is -0.179. The second kappa shape index (κ2) is 13.0. The molecule has 0 unspecified atom stereocenters. The van der Waals surface area contributed by atoms with Gasteiger partial charge in [0.15, 0.2) is 14.1 Å². The Morgan fingerprint density at radius 3 is 2.32 bits per heavy atom. The van der Waals surface area contributed by atoms with Gasteiger partial charge in [0.2, 0.25) is 5.91 Å². The number of esters is 1. The third kappa shape index (κ3) is 7.72. The van der Waals surface area contributed by atoms with Gasteiger partial charge >= 0.3 is 18.0 Å². The monoisotopic (exact) mass is 534 g/mol. The van der Waals surface area contributed by atoms with E-state index in [1.54, 1.807) is 24.8 Å². The second-order valence-electron chi connectivity index (χ2n) is 10.2. The number of likely N-dealkylation sites (tertiary alicyclic amines) is 2. The number of carbonyl (C=O) groups is 5. The van der Waals surface area contributed by atoms with Crippen LogP contribution in [0.15, 0.2) is 37.0 Å². The molecule has 2 heterocycles. The van der Waals surface area contributed by atoms with E-state index in [-0.39, 0.29) is 31.5 Å². The summed E-state index contributed by atoms with van der Waals surface area (Å²) in [5.74, 6) is -3.93. The lowest BCUT2D eigenvalue weighted by Gasteiger charge is -2.48. The molecule has 0 aromatic heterocycles. The number of ether oxygens (including phenoxy) is 2. The van der Waals surface area contributed by atoms with Gasteiger partial charge in [-0.1, -0.05) is 31.4 Å². The Labute approximate surface area is 219 Å². The molecule has 10 nitrogen and oxygen atoms in total. The van der Waals surface area contributed by atoms with Crippen LogP contribution in [0.1, 0.15) is 33.1 Å². The maximum absolute atomic E-state index is 13.2. The smallest absolute Gasteiger partial charge is 0.410 e. The fourth-order valence-electron chi connectivity index (χ4n) is 4.61. The zero-order valence-corrected chi connectivity index (χ0v) is 23.4. The Hall–Kier alpha value is -3.05. The molecule has 0 spiro atoms. The van der Waals surface area contributed by atoms with Gasteiger partial charge in [0.1, 0.15) is 13.2 Å². The van der Waals surface area contributed by atoms with Gasteiger partial charge in [-0.05, 0) is 51.9 Å². The normalized spacial score (nSPS) is 22.7. The number of ketones is 1. The maximum Gasteiger partial charge on any atom is 0.410 e. The Bertz CT molecular complexity index is 970. The first kappa shape index (κ1) is 30.2. The van der Waals surface area contributed by atoms with Crippen LogP contribution >= 0.6 is 0 Å². The number of imide groups is 1. The van der Waals surface area contributed by atoms with Crippen molar-refractivity contribution >= 4 is 38.0 Å². The molecule has 2 aliphatic rings. The molecule has 0 aliphatic carbocycles. The molecule has 3 amide bonds. The number of β-lactam (4-membered cyclic amide) rings is 1. The third-order valence-electron chi connectivity index (χ3n) is 6.17. The summed E-state index contributed by atoms with van der Waals surface area (Å²) in [6.07, 6.45) is 4.76. The Morgan fingerprint density at radius 1 is 1.11 bits per heavy atom. The molecule has 4 atom stereocenters. The number of Topliss-reactive ketones (excluding diaryl/α,β-unsaturated/α-hetero) is 1. The highest BCUT2D eigenvalue weighted by molar-refractivity contribution is 6.69. The molecule has 2 saturated heterocycles. The van der Waals surface area contributed by atoms with Crippen molar-refractivity contribution in [1.29, 1.82) is 0 Å². The lowest BCUT2D eigenvalue weighted by Crippen LogP contribution is -2.68. The average Bonchev–Trinajstić information content (AvgIpc) is 3.27. The first-order valence-corrected chi connectivity index (χ1v) is 15.8. The van der Waals surface area contributed by atoms with E-state index in [4.69, 9.17) is 13.9 Å². The van der Waals surface area contributed by atoms with Crippen LogP contribution in [0, 0.1) is 5.92 Å². The van der Waals surface area contributed by atoms with E-state index in [2.05, 4.69) is 13.2 Å². The van der Waals surface area contributed by atoms with Crippen molar-refractivity contribution in [3.63, 3.8) is 0 Å². The van der Waals surface area contributed by atoms with Gasteiger partial charge in [-0.15, -0.1) is 0 Å². The number of hydrogen-bond acceptors (Lipinski definition) is 8. The summed E-state index contributed by atoms with van der Waals surface area (Å²) in [4.78, 5) is 65.8. The zero-order valence-electron chi connectivity index (χ0n) is 22.4. The molecule has 204 valence electrons. The fraction of sp³-hybridized carbons (Fsp3) is 0.577. The summed E-state index contributed by atoms with van der Waals surface area (Å²) in [6.45, 7) is 16.7. The summed E-state index contributed by atoms with van der Waals surface area (Å²) in [5, 5.41) is 0. The SMILES string of the molecule is C=CCOC(=O)C(=O)N1C(=O)[C@H]([C@@H](C)O[Si](C)(C)C)[C@H]1CC(=O)/C(C)=C/[C@@H]1CCCN1C(=O)OCC=C. The van der Waals surface area contributed by atoms with E-state index in [9.17, 15) is 24.0 Å². The maximum atomic E-state index is 13.2. The molecule has 0 saturated carbocycles. The highest BCUT2D eigenvalue weighted by atomic mass is 28.4. The molecular formula is C26H38N2O8Si. The molecular weight excluding hydrogens is 496 g/mol. The highest BCUT2D eigenvalue weighted by Crippen LogP contribution is 2.35. The van der Waals surface area contributed by atoms with Crippen LogP contribution in [-0.2, 0) is 33.1 Å². The molecule has 11 heteroatoms. The number of hydrogen-bond donors (Lipinski definition) is 0. The molecule has 2 fully saturated rings. The van der Waals surface area contributed by atoms with Crippen molar-refractivity contribution in [2.45, 2.75) is 70.9 Å². The van der Waals surface area contributed by atoms with E-state index in [1.807, 2.05) is 19.6 Å². The second-order valence-corrected chi connectivity index (χ2v) is 14.6. The van der Waals surface area contributed by atoms with Gasteiger partial charge in [0.05, 0.1) is 24.1 Å². The van der Waals surface area contributed by atoms with Crippen LogP contribution in [0.3, 0.4) is 0 Å². The van der Waals surface area contributed by atoms with Gasteiger partial charge < -0.3 is 18.8 Å². The van der Waals surface area contributed by atoms with E-state index >= 15 is 0 Å². The summed E-state index contributed by atoms with van der Waals surface area (Å²) >= 11 is 0. The van der Waals surface area contributed by atoms with Crippen molar-refractivity contribution in [3.05, 3.63) is 37.0 Å². The van der Waals surface area contributed by atoms with E-state index in [0.717, 1.165) is 11.3 Å². The minimum atomic E-state index is -2.04. The lowest BCUT2D eigenvalue weighted by atomic mass is 9.79. The molecule has 2 rings (SSSR count). The van der Waals surface area contributed by atoms with Crippen LogP contribution < -0.4 is 0 Å². The standard InChI is InChI=1S/C26H38N2O8Si/c1-8-13-34-25(32)24(31)28-20(22(23(28)30)18(4)36-37(5,6)7)16-21(29)17(3)15-19-11-10-12-27(19)26(33)35-14-9-2/h8-9,15,18-20,22H,1-2,10-14,16H2,3-7H3/b17-15+/t18-,19+,20-,22-/m1/s1. The van der Waals surface area contributed by atoms with Gasteiger partial charge in [-0.2, -0.15) is 0 Å². The largest absolute Gasteiger partial charge is 0.454 e. The van der Waals surface area contributed by atoms with Crippen LogP contribution in [0.5, 0.6) is 0 Å². The minimum Gasteiger partial charge on any atom is -0.454 e. The minimum absolute atomic E-state index is 0.0948. The predicted octanol–water partition coefficient (Wildman–Crippen LogP) is 3.00. The van der Waals surface area contributed by atoms with Crippen molar-refractivity contribution in [3.8, 4) is 0 Å². The van der Waals surface area contributed by atoms with E-state index < -0.39 is 50.3 Å². The molecule has 37 heavy (non-hydrogen) atoms. The molecule has 0 radical (unpaired) electrons. The summed E-state index contributed by atoms with van der Waals surface area (Å²) in [5.41, 5.74) is 0.395. The van der Waals surface area contributed by atoms with Gasteiger partial charge in [0.25, 0.3) is 0 Å². The van der Waals surface area contributed by atoms with Crippen molar-refractivity contribution in [2.24, 2.45) is 5.92 Å². The Balaban J connectivity index is 2.22. The zero-order chi connectivity index (χ0) is 27.9. The number of nitrogens with zero attached hydrogens (tertiary/aromatic N) is 2. The molecule has 0 aromatic rings. The Morgan fingerprint density at radius 2 is 1.73 bits per heavy atom. The predicted molar refractivity (Wildman–Crippen MR) is 139 cm³/mol. The highest BCUT2D eigenvalue weighted by Gasteiger charge is 2.55. The quantitative estimate of drug-likeness (QED) is 0.0991. The van der Waals surface area contributed by atoms with Crippen LogP contribution in [-0.4, -0.2) is 85.7 Å². The van der Waals surface area contributed by atoms with Crippen LogP contribution in [0.2, 0.25) is 19.6 Å². The summed E-state index contributed by atoms with van der Waals surface area (Å²) in [7, 11) is -2.04. The van der Waals surface area contributed by atoms with E-state index in [1.165, 1.54) is 12.2 Å². The molecule has 0 N–H and O–H groups in total. The first-order chi connectivity index (χ1) is 17.3. The molecule has 0 aromatic carbocycles. The molecule has 0 bridgehead atoms. The number of allylic oxidation sites excluding steroid dienone is 1. The third-order valence-corrected chi connectivity index (χ3v) is 7.25. The van der Waals surface area contributed by atoms with Crippen molar-refractivity contribution in [2.75, 3.05) is 19.8 Å². The van der Waals surface area contributed by atoms with Crippen LogP contribution in [0.4, 0.5) is 4.79 Å². The fourth-order valence-corrected chi connectivity index (χ4v) is 5.88. The summed E-state index contributed by atoms with van der Waals surface area (Å²) < 4.78 is 16.0. The van der Waals surface area contributed by atoms with Gasteiger partial charge in [0, 0.05) is 13.0 Å². The van der Waals surface area contributed by atoms with Gasteiger partial charge in [-0.25, -0.2) is 9.59 Å². The van der Waals surface area contributed by atoms with Crippen molar-refractivity contribution in [1.82, 2.24) is 9.80 Å². The van der Waals surface area contributed by atoms with Crippen molar-refractivity contribution < 1.29 is 37.9 Å². The molecule has 2 aliphatic heterocycles. The average molecular weight is 535 g/mol.